The van der Waals surface area contributed by atoms with Crippen LogP contribution in [0.15, 0.2) is 47.4 Å². The van der Waals surface area contributed by atoms with E-state index in [4.69, 9.17) is 0 Å². The molecule has 144 valence electrons. The molecule has 0 saturated carbocycles. The van der Waals surface area contributed by atoms with Gasteiger partial charge < -0.3 is 4.90 Å². The molecule has 0 spiro atoms. The van der Waals surface area contributed by atoms with E-state index in [1.807, 2.05) is 0 Å². The number of benzene rings is 2. The average molecular weight is 390 g/mol. The van der Waals surface area contributed by atoms with Gasteiger partial charge in [0.2, 0.25) is 5.91 Å². The number of nitrogens with one attached hydrogen (secondary N) is 1. The molecule has 0 fully saturated rings. The molecule has 1 aliphatic rings. The van der Waals surface area contributed by atoms with E-state index in [0.717, 1.165) is 23.7 Å². The summed E-state index contributed by atoms with van der Waals surface area (Å²) in [6, 6.07) is 10.0. The second-order valence-electron chi connectivity index (χ2n) is 7.13. The van der Waals surface area contributed by atoms with Gasteiger partial charge in [0.1, 0.15) is 5.82 Å². The summed E-state index contributed by atoms with van der Waals surface area (Å²) in [7, 11) is -3.88. The quantitative estimate of drug-likeness (QED) is 0.812. The first-order valence-electron chi connectivity index (χ1n) is 8.98. The third-order valence-electron chi connectivity index (χ3n) is 4.57. The Labute approximate surface area is 159 Å². The highest BCUT2D eigenvalue weighted by Gasteiger charge is 2.25. The van der Waals surface area contributed by atoms with Crippen molar-refractivity contribution in [2.24, 2.45) is 5.92 Å². The molecule has 0 radical (unpaired) electrons. The first-order valence-corrected chi connectivity index (χ1v) is 10.5. The van der Waals surface area contributed by atoms with Crippen LogP contribution in [0.25, 0.3) is 0 Å². The topological polar surface area (TPSA) is 66.5 Å². The van der Waals surface area contributed by atoms with Crippen molar-refractivity contribution >= 4 is 27.3 Å². The van der Waals surface area contributed by atoms with Gasteiger partial charge in [-0.05, 0) is 60.7 Å². The fourth-order valence-electron chi connectivity index (χ4n) is 3.10. The first-order chi connectivity index (χ1) is 12.8. The van der Waals surface area contributed by atoms with Crippen LogP contribution in [0.5, 0.6) is 0 Å². The molecule has 0 aromatic heterocycles. The van der Waals surface area contributed by atoms with Crippen LogP contribution in [-0.2, 0) is 21.2 Å². The van der Waals surface area contributed by atoms with Gasteiger partial charge in [-0.15, -0.1) is 0 Å². The van der Waals surface area contributed by atoms with E-state index in [2.05, 4.69) is 18.6 Å². The lowest BCUT2D eigenvalue weighted by Crippen LogP contribution is -2.36. The minimum absolute atomic E-state index is 0.0937. The fraction of sp³-hybridized carbons (Fsp3) is 0.350. The minimum Gasteiger partial charge on any atom is -0.312 e. The van der Waals surface area contributed by atoms with E-state index in [1.54, 1.807) is 23.1 Å². The van der Waals surface area contributed by atoms with Crippen molar-refractivity contribution in [3.63, 3.8) is 0 Å². The predicted molar refractivity (Wildman–Crippen MR) is 104 cm³/mol. The number of hydrogen-bond donors (Lipinski definition) is 1. The molecule has 1 aliphatic heterocycles. The van der Waals surface area contributed by atoms with Gasteiger partial charge >= 0.3 is 0 Å². The number of halogens is 1. The Kier molecular flexibility index (Phi) is 5.51. The zero-order chi connectivity index (χ0) is 19.6. The van der Waals surface area contributed by atoms with Crippen molar-refractivity contribution < 1.29 is 17.6 Å². The highest BCUT2D eigenvalue weighted by molar-refractivity contribution is 7.92. The van der Waals surface area contributed by atoms with Gasteiger partial charge in [0, 0.05) is 24.3 Å². The SMILES string of the molecule is CC(C)CCN1C(=O)CCc2cc(NS(=O)(=O)c3cccc(F)c3)ccc21. The summed E-state index contributed by atoms with van der Waals surface area (Å²) >= 11 is 0. The molecule has 0 aliphatic carbocycles. The third-order valence-corrected chi connectivity index (χ3v) is 5.95. The molecule has 1 amide bonds. The number of amides is 1. The monoisotopic (exact) mass is 390 g/mol. The van der Waals surface area contributed by atoms with Crippen molar-refractivity contribution in [1.82, 2.24) is 0 Å². The van der Waals surface area contributed by atoms with Crippen molar-refractivity contribution in [2.75, 3.05) is 16.2 Å². The van der Waals surface area contributed by atoms with Gasteiger partial charge in [-0.1, -0.05) is 19.9 Å². The molecular formula is C20H23FN2O3S. The van der Waals surface area contributed by atoms with Crippen LogP contribution >= 0.6 is 0 Å². The number of sulfonamides is 1. The van der Waals surface area contributed by atoms with Gasteiger partial charge in [0.25, 0.3) is 10.0 Å². The largest absolute Gasteiger partial charge is 0.312 e. The summed E-state index contributed by atoms with van der Waals surface area (Å²) in [6.07, 6.45) is 1.88. The fourth-order valence-corrected chi connectivity index (χ4v) is 4.18. The molecule has 5 nitrogen and oxygen atoms in total. The highest BCUT2D eigenvalue weighted by Crippen LogP contribution is 2.31. The van der Waals surface area contributed by atoms with Crippen LogP contribution in [0.2, 0.25) is 0 Å². The predicted octanol–water partition coefficient (Wildman–Crippen LogP) is 3.95. The van der Waals surface area contributed by atoms with Crippen molar-refractivity contribution in [3.05, 3.63) is 53.8 Å². The molecule has 7 heteroatoms. The summed E-state index contributed by atoms with van der Waals surface area (Å²) in [6.45, 7) is 4.87. The van der Waals surface area contributed by atoms with Crippen LogP contribution in [0.1, 0.15) is 32.3 Å². The molecule has 1 heterocycles. The van der Waals surface area contributed by atoms with E-state index in [9.17, 15) is 17.6 Å². The van der Waals surface area contributed by atoms with Crippen LogP contribution in [-0.4, -0.2) is 20.9 Å². The zero-order valence-electron chi connectivity index (χ0n) is 15.4. The molecule has 0 atom stereocenters. The Morgan fingerprint density at radius 1 is 1.15 bits per heavy atom. The van der Waals surface area contributed by atoms with E-state index < -0.39 is 15.8 Å². The highest BCUT2D eigenvalue weighted by atomic mass is 32.2. The molecule has 0 bridgehead atoms. The second kappa shape index (κ2) is 7.68. The normalized spacial score (nSPS) is 14.4. The van der Waals surface area contributed by atoms with Crippen molar-refractivity contribution in [3.8, 4) is 0 Å². The van der Waals surface area contributed by atoms with Crippen molar-refractivity contribution in [2.45, 2.75) is 38.0 Å². The molecule has 27 heavy (non-hydrogen) atoms. The Morgan fingerprint density at radius 2 is 1.93 bits per heavy atom. The van der Waals surface area contributed by atoms with Gasteiger partial charge in [0.15, 0.2) is 0 Å². The molecule has 1 N–H and O–H groups in total. The summed E-state index contributed by atoms with van der Waals surface area (Å²) in [4.78, 5) is 13.9. The number of anilines is 2. The average Bonchev–Trinajstić information content (AvgIpc) is 2.60. The molecule has 0 saturated heterocycles. The maximum absolute atomic E-state index is 13.3. The zero-order valence-corrected chi connectivity index (χ0v) is 16.2. The summed E-state index contributed by atoms with van der Waals surface area (Å²) < 4.78 is 40.8. The number of nitrogens with zero attached hydrogens (tertiary/aromatic N) is 1. The number of hydrogen-bond acceptors (Lipinski definition) is 3. The summed E-state index contributed by atoms with van der Waals surface area (Å²) in [5.41, 5.74) is 2.16. The first kappa shape index (κ1) is 19.4. The standard InChI is InChI=1S/C20H23FN2O3S/c1-14(2)10-11-23-19-8-7-17(12-15(19)6-9-20(23)24)22-27(25,26)18-5-3-4-16(21)13-18/h3-5,7-8,12-14,22H,6,9-11H2,1-2H3. The van der Waals surface area contributed by atoms with Crippen LogP contribution in [0, 0.1) is 11.7 Å². The maximum Gasteiger partial charge on any atom is 0.261 e. The van der Waals surface area contributed by atoms with Gasteiger partial charge in [-0.2, -0.15) is 0 Å². The Balaban J connectivity index is 1.84. The summed E-state index contributed by atoms with van der Waals surface area (Å²) in [5.74, 6) is -0.0283. The Hall–Kier alpha value is -2.41. The molecular weight excluding hydrogens is 367 g/mol. The number of carbonyl (C=O) groups is 1. The molecule has 3 rings (SSSR count). The van der Waals surface area contributed by atoms with E-state index in [0.29, 0.717) is 31.0 Å². The van der Waals surface area contributed by atoms with Crippen LogP contribution in [0.3, 0.4) is 0 Å². The maximum atomic E-state index is 13.3. The lowest BCUT2D eigenvalue weighted by atomic mass is 9.99. The van der Waals surface area contributed by atoms with Crippen LogP contribution in [0.4, 0.5) is 15.8 Å². The molecule has 0 unspecified atom stereocenters. The molecule has 2 aromatic rings. The smallest absolute Gasteiger partial charge is 0.261 e. The van der Waals surface area contributed by atoms with Gasteiger partial charge in [0.05, 0.1) is 4.90 Å². The number of fused-ring (bicyclic) bond motifs is 1. The lowest BCUT2D eigenvalue weighted by Gasteiger charge is -2.30. The van der Waals surface area contributed by atoms with E-state index in [1.165, 1.54) is 18.2 Å². The lowest BCUT2D eigenvalue weighted by molar-refractivity contribution is -0.118. The van der Waals surface area contributed by atoms with Gasteiger partial charge in [-0.25, -0.2) is 12.8 Å². The summed E-state index contributed by atoms with van der Waals surface area (Å²) in [5, 5.41) is 0. The number of carbonyl (C=O) groups excluding carboxylic acids is 1. The number of rotatable bonds is 6. The molecule has 2 aromatic carbocycles. The van der Waals surface area contributed by atoms with Gasteiger partial charge in [-0.3, -0.25) is 9.52 Å². The third kappa shape index (κ3) is 4.47. The van der Waals surface area contributed by atoms with E-state index in [-0.39, 0.29) is 10.8 Å². The number of aryl methyl sites for hydroxylation is 1. The minimum atomic E-state index is -3.88. The van der Waals surface area contributed by atoms with Crippen molar-refractivity contribution in [1.29, 1.82) is 0 Å². The Bertz CT molecular complexity index is 957. The second-order valence-corrected chi connectivity index (χ2v) is 8.82. The van der Waals surface area contributed by atoms with Crippen LogP contribution < -0.4 is 9.62 Å². The Morgan fingerprint density at radius 3 is 2.63 bits per heavy atom. The van der Waals surface area contributed by atoms with E-state index >= 15 is 0 Å².